The van der Waals surface area contributed by atoms with Gasteiger partial charge in [-0.3, -0.25) is 14.9 Å². The lowest BCUT2D eigenvalue weighted by Crippen LogP contribution is -2.19. The molecule has 9 nitrogen and oxygen atoms in total. The number of benzene rings is 3. The fourth-order valence-electron chi connectivity index (χ4n) is 3.07. The van der Waals surface area contributed by atoms with Crippen LogP contribution in [0.2, 0.25) is 5.02 Å². The normalized spacial score (nSPS) is 10.8. The van der Waals surface area contributed by atoms with Crippen LogP contribution in [0.15, 0.2) is 77.9 Å². The summed E-state index contributed by atoms with van der Waals surface area (Å²) in [5.41, 5.74) is 4.59. The first-order valence-electron chi connectivity index (χ1n) is 11.1. The van der Waals surface area contributed by atoms with Gasteiger partial charge in [-0.15, -0.1) is 10.2 Å². The first-order chi connectivity index (χ1) is 18.0. The highest BCUT2D eigenvalue weighted by molar-refractivity contribution is 7.15. The maximum atomic E-state index is 12.3. The Bertz CT molecular complexity index is 1390. The summed E-state index contributed by atoms with van der Waals surface area (Å²) in [5.74, 6) is 0.645. The molecule has 4 aromatic rings. The van der Waals surface area contributed by atoms with Crippen molar-refractivity contribution >= 4 is 46.1 Å². The van der Waals surface area contributed by atoms with E-state index in [4.69, 9.17) is 21.1 Å². The average Bonchev–Trinajstić information content (AvgIpc) is 3.35. The number of nitrogens with zero attached hydrogens (tertiary/aromatic N) is 3. The number of anilines is 1. The number of ether oxygens (including phenoxy) is 2. The highest BCUT2D eigenvalue weighted by Gasteiger charge is 2.12. The standard InChI is InChI=1S/C26H22ClN5O4S/c1-35-20-12-8-18(9-13-20)25(34)29-26-32-31-24(37-26)14-23(33)30-28-15-17-6-10-21(11-7-17)36-16-19-4-2-3-5-22(19)27/h2-13,15H,14,16H2,1H3,(H,30,33)(H,29,32,34)/b28-15-. The Kier molecular flexibility index (Phi) is 8.79. The molecule has 2 N–H and O–H groups in total. The maximum Gasteiger partial charge on any atom is 0.257 e. The third-order valence-corrected chi connectivity index (χ3v) is 6.19. The number of hydrogen-bond donors (Lipinski definition) is 2. The van der Waals surface area contributed by atoms with Gasteiger partial charge >= 0.3 is 0 Å². The van der Waals surface area contributed by atoms with Crippen LogP contribution in [0.1, 0.15) is 26.5 Å². The van der Waals surface area contributed by atoms with Crippen LogP contribution in [0.3, 0.4) is 0 Å². The molecule has 0 saturated carbocycles. The second kappa shape index (κ2) is 12.6. The summed E-state index contributed by atoms with van der Waals surface area (Å²) in [4.78, 5) is 24.5. The van der Waals surface area contributed by atoms with Gasteiger partial charge in [0, 0.05) is 16.1 Å². The van der Waals surface area contributed by atoms with E-state index in [1.807, 2.05) is 48.5 Å². The number of hydrazone groups is 1. The van der Waals surface area contributed by atoms with Crippen molar-refractivity contribution in [3.8, 4) is 11.5 Å². The van der Waals surface area contributed by atoms with Crippen molar-refractivity contribution in [1.29, 1.82) is 0 Å². The molecule has 0 radical (unpaired) electrons. The average molecular weight is 536 g/mol. The van der Waals surface area contributed by atoms with Gasteiger partial charge in [-0.2, -0.15) is 5.10 Å². The Labute approximate surface area is 222 Å². The Morgan fingerprint density at radius 3 is 2.46 bits per heavy atom. The molecule has 11 heteroatoms. The van der Waals surface area contributed by atoms with Crippen molar-refractivity contribution in [2.24, 2.45) is 5.10 Å². The minimum absolute atomic E-state index is 0.0256. The van der Waals surface area contributed by atoms with E-state index in [9.17, 15) is 9.59 Å². The topological polar surface area (TPSA) is 115 Å². The number of carbonyl (C=O) groups excluding carboxylic acids is 2. The van der Waals surface area contributed by atoms with E-state index in [2.05, 4.69) is 26.0 Å². The molecule has 0 atom stereocenters. The van der Waals surface area contributed by atoms with Crippen molar-refractivity contribution in [1.82, 2.24) is 15.6 Å². The Hall–Kier alpha value is -4.28. The van der Waals surface area contributed by atoms with Gasteiger partial charge in [0.05, 0.1) is 19.7 Å². The number of methoxy groups -OCH3 is 1. The second-order valence-electron chi connectivity index (χ2n) is 7.60. The second-order valence-corrected chi connectivity index (χ2v) is 9.07. The molecular formula is C26H22ClN5O4S. The number of hydrogen-bond acceptors (Lipinski definition) is 8. The van der Waals surface area contributed by atoms with Gasteiger partial charge < -0.3 is 9.47 Å². The van der Waals surface area contributed by atoms with E-state index in [1.165, 1.54) is 6.21 Å². The summed E-state index contributed by atoms with van der Waals surface area (Å²) in [7, 11) is 1.55. The zero-order chi connectivity index (χ0) is 26.0. The van der Waals surface area contributed by atoms with Crippen molar-refractivity contribution in [2.45, 2.75) is 13.0 Å². The predicted molar refractivity (Wildman–Crippen MR) is 143 cm³/mol. The van der Waals surface area contributed by atoms with E-state index in [1.54, 1.807) is 31.4 Å². The molecule has 188 valence electrons. The van der Waals surface area contributed by atoms with Gasteiger partial charge in [-0.1, -0.05) is 41.1 Å². The largest absolute Gasteiger partial charge is 0.497 e. The zero-order valence-corrected chi connectivity index (χ0v) is 21.3. The first-order valence-corrected chi connectivity index (χ1v) is 12.3. The molecule has 0 unspecified atom stereocenters. The van der Waals surface area contributed by atoms with Crippen LogP contribution >= 0.6 is 22.9 Å². The van der Waals surface area contributed by atoms with Gasteiger partial charge in [-0.25, -0.2) is 5.43 Å². The number of aromatic nitrogens is 2. The zero-order valence-electron chi connectivity index (χ0n) is 19.7. The highest BCUT2D eigenvalue weighted by Crippen LogP contribution is 2.19. The molecule has 2 amide bonds. The molecule has 37 heavy (non-hydrogen) atoms. The molecule has 0 aliphatic carbocycles. The Morgan fingerprint density at radius 2 is 1.73 bits per heavy atom. The SMILES string of the molecule is COc1ccc(C(=O)Nc2nnc(CC(=O)N/N=C\c3ccc(OCc4ccccc4Cl)cc3)s2)cc1. The monoisotopic (exact) mass is 535 g/mol. The van der Waals surface area contributed by atoms with E-state index in [0.29, 0.717) is 38.8 Å². The molecule has 0 saturated heterocycles. The molecule has 0 spiro atoms. The molecular weight excluding hydrogens is 514 g/mol. The molecule has 0 aliphatic rings. The van der Waals surface area contributed by atoms with E-state index in [-0.39, 0.29) is 18.2 Å². The third-order valence-electron chi connectivity index (χ3n) is 4.99. The van der Waals surface area contributed by atoms with Gasteiger partial charge in [0.2, 0.25) is 11.0 Å². The lowest BCUT2D eigenvalue weighted by molar-refractivity contribution is -0.120. The van der Waals surface area contributed by atoms with Crippen LogP contribution < -0.4 is 20.2 Å². The first kappa shape index (κ1) is 25.8. The minimum Gasteiger partial charge on any atom is -0.497 e. The molecule has 0 bridgehead atoms. The fourth-order valence-corrected chi connectivity index (χ4v) is 3.99. The summed E-state index contributed by atoms with van der Waals surface area (Å²) in [6.45, 7) is 0.363. The van der Waals surface area contributed by atoms with E-state index < -0.39 is 0 Å². The summed E-state index contributed by atoms with van der Waals surface area (Å²) >= 11 is 7.26. The number of amides is 2. The van der Waals surface area contributed by atoms with Gasteiger partial charge in [0.25, 0.3) is 5.91 Å². The summed E-state index contributed by atoms with van der Waals surface area (Å²) < 4.78 is 10.8. The van der Waals surface area contributed by atoms with E-state index >= 15 is 0 Å². The van der Waals surface area contributed by atoms with Crippen LogP contribution in [0.25, 0.3) is 0 Å². The van der Waals surface area contributed by atoms with Crippen LogP contribution in [0, 0.1) is 0 Å². The number of halogens is 1. The molecule has 0 fully saturated rings. The lowest BCUT2D eigenvalue weighted by atomic mass is 10.2. The van der Waals surface area contributed by atoms with E-state index in [0.717, 1.165) is 22.5 Å². The van der Waals surface area contributed by atoms with Crippen molar-refractivity contribution in [3.63, 3.8) is 0 Å². The molecule has 1 heterocycles. The minimum atomic E-state index is -0.361. The van der Waals surface area contributed by atoms with Gasteiger partial charge in [-0.05, 0) is 60.2 Å². The number of rotatable bonds is 10. The summed E-state index contributed by atoms with van der Waals surface area (Å²) in [6, 6.07) is 21.4. The van der Waals surface area contributed by atoms with Crippen molar-refractivity contribution in [3.05, 3.63) is 99.5 Å². The quantitative estimate of drug-likeness (QED) is 0.224. The molecule has 1 aromatic heterocycles. The lowest BCUT2D eigenvalue weighted by Gasteiger charge is -2.07. The molecule has 3 aromatic carbocycles. The van der Waals surface area contributed by atoms with Crippen molar-refractivity contribution in [2.75, 3.05) is 12.4 Å². The van der Waals surface area contributed by atoms with Crippen LogP contribution in [0.4, 0.5) is 5.13 Å². The Morgan fingerprint density at radius 1 is 1.00 bits per heavy atom. The Balaban J connectivity index is 1.22. The van der Waals surface area contributed by atoms with Crippen LogP contribution in [-0.4, -0.2) is 35.3 Å². The summed E-state index contributed by atoms with van der Waals surface area (Å²) in [6.07, 6.45) is 1.50. The fraction of sp³-hybridized carbons (Fsp3) is 0.115. The third kappa shape index (κ3) is 7.60. The van der Waals surface area contributed by atoms with Gasteiger partial charge in [0.1, 0.15) is 23.1 Å². The summed E-state index contributed by atoms with van der Waals surface area (Å²) in [5, 5.41) is 15.9. The smallest absolute Gasteiger partial charge is 0.257 e. The van der Waals surface area contributed by atoms with Crippen LogP contribution in [0.5, 0.6) is 11.5 Å². The number of carbonyl (C=O) groups is 2. The van der Waals surface area contributed by atoms with Gasteiger partial charge in [0.15, 0.2) is 0 Å². The number of nitrogens with one attached hydrogen (secondary N) is 2. The maximum absolute atomic E-state index is 12.3. The predicted octanol–water partition coefficient (Wildman–Crippen LogP) is 4.72. The molecule has 0 aliphatic heterocycles. The highest BCUT2D eigenvalue weighted by atomic mass is 35.5. The van der Waals surface area contributed by atoms with Crippen LogP contribution in [-0.2, 0) is 17.8 Å². The molecule has 4 rings (SSSR count). The van der Waals surface area contributed by atoms with Crippen molar-refractivity contribution < 1.29 is 19.1 Å².